The number of benzene rings is 2. The third-order valence-electron chi connectivity index (χ3n) is 4.60. The van der Waals surface area contributed by atoms with E-state index in [1.165, 1.54) is 4.90 Å². The van der Waals surface area contributed by atoms with E-state index >= 15 is 0 Å². The fourth-order valence-electron chi connectivity index (χ4n) is 3.05. The minimum atomic E-state index is -0.640. The highest BCUT2D eigenvalue weighted by molar-refractivity contribution is 6.12. The highest BCUT2D eigenvalue weighted by Gasteiger charge is 2.45. The van der Waals surface area contributed by atoms with Gasteiger partial charge in [0.1, 0.15) is 0 Å². The van der Waals surface area contributed by atoms with E-state index in [2.05, 4.69) is 0 Å². The van der Waals surface area contributed by atoms with Gasteiger partial charge in [0.05, 0.1) is 12.0 Å². The van der Waals surface area contributed by atoms with Crippen molar-refractivity contribution in [3.63, 3.8) is 0 Å². The van der Waals surface area contributed by atoms with Crippen LogP contribution < -0.4 is 0 Å². The second-order valence-corrected chi connectivity index (χ2v) is 5.91. The molecule has 2 aromatic rings. The summed E-state index contributed by atoms with van der Waals surface area (Å²) in [5.41, 5.74) is 1.81. The molecule has 0 aromatic heterocycles. The molecule has 0 aliphatic carbocycles. The minimum Gasteiger partial charge on any atom is -0.273 e. The average Bonchev–Trinajstić information content (AvgIpc) is 2.57. The first-order valence-electron chi connectivity index (χ1n) is 7.57. The first-order chi connectivity index (χ1) is 10.6. The van der Waals surface area contributed by atoms with Crippen molar-refractivity contribution in [2.24, 2.45) is 0 Å². The summed E-state index contributed by atoms with van der Waals surface area (Å²) in [5.74, 6) is -0.307. The zero-order chi connectivity index (χ0) is 15.7. The van der Waals surface area contributed by atoms with Crippen LogP contribution in [0.15, 0.2) is 54.6 Å². The Labute approximate surface area is 130 Å². The Morgan fingerprint density at radius 3 is 2.27 bits per heavy atom. The van der Waals surface area contributed by atoms with Crippen LogP contribution >= 0.6 is 0 Å². The maximum absolute atomic E-state index is 13.0. The lowest BCUT2D eigenvalue weighted by atomic mass is 9.73. The molecule has 0 saturated heterocycles. The van der Waals surface area contributed by atoms with Crippen LogP contribution in [-0.2, 0) is 16.8 Å². The molecule has 1 aliphatic heterocycles. The van der Waals surface area contributed by atoms with Crippen LogP contribution in [0.25, 0.3) is 0 Å². The normalized spacial score (nSPS) is 20.9. The molecule has 2 aromatic carbocycles. The highest BCUT2D eigenvalue weighted by Crippen LogP contribution is 2.37. The van der Waals surface area contributed by atoms with Crippen molar-refractivity contribution in [2.75, 3.05) is 0 Å². The van der Waals surface area contributed by atoms with E-state index in [1.807, 2.05) is 68.4 Å². The third-order valence-corrected chi connectivity index (χ3v) is 4.60. The Kier molecular flexibility index (Phi) is 3.57. The average molecular weight is 293 g/mol. The van der Waals surface area contributed by atoms with Gasteiger partial charge in [-0.3, -0.25) is 14.5 Å². The predicted octanol–water partition coefficient (Wildman–Crippen LogP) is 3.54. The molecule has 0 radical (unpaired) electrons. The second kappa shape index (κ2) is 5.41. The van der Waals surface area contributed by atoms with Crippen molar-refractivity contribution in [1.29, 1.82) is 0 Å². The molecule has 0 fully saturated rings. The summed E-state index contributed by atoms with van der Waals surface area (Å²) in [4.78, 5) is 27.1. The van der Waals surface area contributed by atoms with Gasteiger partial charge in [-0.2, -0.15) is 0 Å². The molecule has 0 bridgehead atoms. The molecular weight excluding hydrogens is 274 g/mol. The lowest BCUT2D eigenvalue weighted by Crippen LogP contribution is -2.52. The van der Waals surface area contributed by atoms with Crippen molar-refractivity contribution >= 4 is 11.8 Å². The summed E-state index contributed by atoms with van der Waals surface area (Å²) in [6, 6.07) is 17.1. The van der Waals surface area contributed by atoms with Crippen LogP contribution in [0.4, 0.5) is 0 Å². The minimum absolute atomic E-state index is 0.109. The van der Waals surface area contributed by atoms with Gasteiger partial charge in [-0.05, 0) is 30.5 Å². The largest absolute Gasteiger partial charge is 0.273 e. The van der Waals surface area contributed by atoms with Crippen molar-refractivity contribution in [3.8, 4) is 0 Å². The van der Waals surface area contributed by atoms with Crippen molar-refractivity contribution in [2.45, 2.75) is 32.2 Å². The molecule has 1 atom stereocenters. The summed E-state index contributed by atoms with van der Waals surface area (Å²) in [6.45, 7) is 4.24. The van der Waals surface area contributed by atoms with Crippen LogP contribution in [0.1, 0.15) is 41.8 Å². The summed E-state index contributed by atoms with van der Waals surface area (Å²) < 4.78 is 0. The van der Waals surface area contributed by atoms with Crippen LogP contribution in [0.2, 0.25) is 0 Å². The van der Waals surface area contributed by atoms with Gasteiger partial charge in [0.15, 0.2) is 0 Å². The van der Waals surface area contributed by atoms with Gasteiger partial charge in [0.2, 0.25) is 5.91 Å². The van der Waals surface area contributed by atoms with Gasteiger partial charge >= 0.3 is 0 Å². The van der Waals surface area contributed by atoms with Gasteiger partial charge < -0.3 is 0 Å². The molecular formula is C19H19NO2. The number of fused-ring (bicyclic) bond motifs is 1. The molecule has 1 heterocycles. The first kappa shape index (κ1) is 14.5. The van der Waals surface area contributed by atoms with E-state index in [0.717, 1.165) is 11.1 Å². The maximum Gasteiger partial charge on any atom is 0.261 e. The van der Waals surface area contributed by atoms with Gasteiger partial charge in [0.25, 0.3) is 5.91 Å². The number of carbonyl (C=O) groups is 2. The van der Waals surface area contributed by atoms with E-state index in [4.69, 9.17) is 0 Å². The van der Waals surface area contributed by atoms with E-state index in [-0.39, 0.29) is 11.8 Å². The zero-order valence-electron chi connectivity index (χ0n) is 12.9. The Morgan fingerprint density at radius 1 is 0.955 bits per heavy atom. The number of nitrogens with zero attached hydrogens (tertiary/aromatic N) is 1. The van der Waals surface area contributed by atoms with Gasteiger partial charge in [-0.1, -0.05) is 55.5 Å². The predicted molar refractivity (Wildman–Crippen MR) is 85.4 cm³/mol. The van der Waals surface area contributed by atoms with Crippen molar-refractivity contribution < 1.29 is 9.59 Å². The molecule has 1 aliphatic rings. The molecule has 0 saturated carbocycles. The Bertz CT molecular complexity index is 723. The number of hydrogen-bond donors (Lipinski definition) is 0. The molecule has 3 nitrogen and oxygen atoms in total. The second-order valence-electron chi connectivity index (χ2n) is 5.91. The van der Waals surface area contributed by atoms with Gasteiger partial charge in [-0.15, -0.1) is 0 Å². The van der Waals surface area contributed by atoms with E-state index in [1.54, 1.807) is 0 Å². The van der Waals surface area contributed by atoms with Crippen molar-refractivity contribution in [1.82, 2.24) is 4.90 Å². The van der Waals surface area contributed by atoms with Crippen LogP contribution in [-0.4, -0.2) is 16.7 Å². The topological polar surface area (TPSA) is 37.4 Å². The number of rotatable bonds is 3. The number of imide groups is 1. The third kappa shape index (κ3) is 2.13. The standard InChI is InChI=1S/C19H19NO2/c1-3-19(2)16-12-8-7-11-15(16)17(21)20(18(19)22)13-14-9-5-4-6-10-14/h4-12H,3,13H2,1-2H3. The Balaban J connectivity index is 2.07. The molecule has 112 valence electrons. The summed E-state index contributed by atoms with van der Waals surface area (Å²) in [5, 5.41) is 0. The zero-order valence-corrected chi connectivity index (χ0v) is 12.9. The van der Waals surface area contributed by atoms with Crippen LogP contribution in [0, 0.1) is 0 Å². The van der Waals surface area contributed by atoms with Crippen LogP contribution in [0.5, 0.6) is 0 Å². The molecule has 1 unspecified atom stereocenters. The number of carbonyl (C=O) groups excluding carboxylic acids is 2. The fourth-order valence-corrected chi connectivity index (χ4v) is 3.05. The summed E-state index contributed by atoms with van der Waals surface area (Å²) in [7, 11) is 0. The van der Waals surface area contributed by atoms with E-state index in [0.29, 0.717) is 18.5 Å². The lowest BCUT2D eigenvalue weighted by Gasteiger charge is -2.39. The Hall–Kier alpha value is -2.42. The summed E-state index contributed by atoms with van der Waals surface area (Å²) >= 11 is 0. The molecule has 3 rings (SSSR count). The van der Waals surface area contributed by atoms with Gasteiger partial charge in [-0.25, -0.2) is 0 Å². The molecule has 3 heteroatoms. The monoisotopic (exact) mass is 293 g/mol. The van der Waals surface area contributed by atoms with Crippen LogP contribution in [0.3, 0.4) is 0 Å². The van der Waals surface area contributed by atoms with E-state index in [9.17, 15) is 9.59 Å². The Morgan fingerprint density at radius 2 is 1.59 bits per heavy atom. The quantitative estimate of drug-likeness (QED) is 0.812. The molecule has 0 N–H and O–H groups in total. The smallest absolute Gasteiger partial charge is 0.261 e. The molecule has 0 spiro atoms. The maximum atomic E-state index is 13.0. The lowest BCUT2D eigenvalue weighted by molar-refractivity contribution is -0.135. The van der Waals surface area contributed by atoms with Gasteiger partial charge in [0, 0.05) is 5.56 Å². The summed E-state index contributed by atoms with van der Waals surface area (Å²) in [6.07, 6.45) is 0.668. The number of amides is 2. The highest BCUT2D eigenvalue weighted by atomic mass is 16.2. The number of hydrogen-bond acceptors (Lipinski definition) is 2. The van der Waals surface area contributed by atoms with E-state index < -0.39 is 5.41 Å². The SMILES string of the molecule is CCC1(C)C(=O)N(Cc2ccccc2)C(=O)c2ccccc21. The first-order valence-corrected chi connectivity index (χ1v) is 7.57. The molecule has 22 heavy (non-hydrogen) atoms. The fraction of sp³-hybridized carbons (Fsp3) is 0.263. The molecule has 2 amide bonds. The van der Waals surface area contributed by atoms with Crippen molar-refractivity contribution in [3.05, 3.63) is 71.3 Å².